The molecule has 1 nitrogen and oxygen atoms in total. The first kappa shape index (κ1) is 16.2. The van der Waals surface area contributed by atoms with Crippen LogP contribution in [0.1, 0.15) is 26.3 Å². The fourth-order valence-electron chi connectivity index (χ4n) is 1.57. The summed E-state index contributed by atoms with van der Waals surface area (Å²) in [7, 11) is 1.98. The number of nitrogens with one attached hydrogen (secondary N) is 1. The molecule has 0 aliphatic rings. The van der Waals surface area contributed by atoms with E-state index < -0.39 is 0 Å². The molecule has 0 fully saturated rings. The number of hydrogen-bond donors (Lipinski definition) is 1. The van der Waals surface area contributed by atoms with Crippen LogP contribution in [0.3, 0.4) is 0 Å². The second-order valence-electron chi connectivity index (χ2n) is 5.31. The number of thioether (sulfide) groups is 1. The number of benzene rings is 1. The summed E-state index contributed by atoms with van der Waals surface area (Å²) in [5, 5.41) is 4.85. The van der Waals surface area contributed by atoms with Gasteiger partial charge in [-0.1, -0.05) is 50.0 Å². The summed E-state index contributed by atoms with van der Waals surface area (Å²) in [6.07, 6.45) is 0.859. The van der Waals surface area contributed by atoms with Crippen molar-refractivity contribution >= 4 is 35.0 Å². The largest absolute Gasteiger partial charge is 0.316 e. The molecule has 1 unspecified atom stereocenters. The predicted molar refractivity (Wildman–Crippen MR) is 85.2 cm³/mol. The van der Waals surface area contributed by atoms with E-state index in [1.54, 1.807) is 0 Å². The van der Waals surface area contributed by atoms with Crippen molar-refractivity contribution in [2.45, 2.75) is 38.0 Å². The Kier molecular flexibility index (Phi) is 6.32. The smallest absolute Gasteiger partial charge is 0.0453 e. The molecule has 0 saturated carbocycles. The quantitative estimate of drug-likeness (QED) is 0.849. The molecule has 1 N–H and O–H groups in total. The number of rotatable bonds is 5. The molecule has 1 atom stereocenters. The highest BCUT2D eigenvalue weighted by Gasteiger charge is 2.17. The normalized spacial score (nSPS) is 13.7. The van der Waals surface area contributed by atoms with Crippen molar-refractivity contribution in [2.24, 2.45) is 0 Å². The minimum absolute atomic E-state index is 0.277. The van der Waals surface area contributed by atoms with Crippen molar-refractivity contribution < 1.29 is 0 Å². The molecule has 0 bridgehead atoms. The Hall–Kier alpha value is 0.110. The van der Waals surface area contributed by atoms with Gasteiger partial charge in [0.25, 0.3) is 0 Å². The van der Waals surface area contributed by atoms with Crippen LogP contribution in [0.15, 0.2) is 18.2 Å². The Morgan fingerprint density at radius 3 is 2.22 bits per heavy atom. The third kappa shape index (κ3) is 5.40. The molecule has 0 amide bonds. The average molecular weight is 306 g/mol. The van der Waals surface area contributed by atoms with Gasteiger partial charge in [0.1, 0.15) is 0 Å². The van der Waals surface area contributed by atoms with Gasteiger partial charge < -0.3 is 5.32 Å². The summed E-state index contributed by atoms with van der Waals surface area (Å²) in [6, 6.07) is 6.05. The highest BCUT2D eigenvalue weighted by molar-refractivity contribution is 8.00. The van der Waals surface area contributed by atoms with Gasteiger partial charge in [-0.3, -0.25) is 0 Å². The molecule has 1 aromatic rings. The summed E-state index contributed by atoms with van der Waals surface area (Å²) in [6.45, 7) is 6.69. The zero-order valence-electron chi connectivity index (χ0n) is 11.4. The van der Waals surface area contributed by atoms with Gasteiger partial charge in [0.2, 0.25) is 0 Å². The van der Waals surface area contributed by atoms with E-state index in [0.29, 0.717) is 6.04 Å². The Balaban J connectivity index is 2.68. The molecule has 0 saturated heterocycles. The molecule has 102 valence electrons. The van der Waals surface area contributed by atoms with Crippen molar-refractivity contribution in [1.29, 1.82) is 0 Å². The summed E-state index contributed by atoms with van der Waals surface area (Å²) in [5.74, 6) is 1.04. The molecule has 0 radical (unpaired) electrons. The fourth-order valence-corrected chi connectivity index (χ4v) is 3.11. The van der Waals surface area contributed by atoms with Crippen molar-refractivity contribution in [3.8, 4) is 0 Å². The third-order valence-electron chi connectivity index (χ3n) is 2.64. The second-order valence-corrected chi connectivity index (χ2v) is 7.97. The summed E-state index contributed by atoms with van der Waals surface area (Å²) >= 11 is 14.4. The van der Waals surface area contributed by atoms with Gasteiger partial charge in [-0.2, -0.15) is 11.8 Å². The van der Waals surface area contributed by atoms with Crippen LogP contribution < -0.4 is 5.32 Å². The SMILES string of the molecule is CNC(CSC(C)(C)C)Cc1c(Cl)cccc1Cl. The molecule has 0 spiro atoms. The van der Waals surface area contributed by atoms with Crippen molar-refractivity contribution in [2.75, 3.05) is 12.8 Å². The Labute approximate surface area is 125 Å². The van der Waals surface area contributed by atoms with Gasteiger partial charge >= 0.3 is 0 Å². The predicted octanol–water partition coefficient (Wildman–Crippen LogP) is 4.66. The van der Waals surface area contributed by atoms with Crippen LogP contribution in [0.4, 0.5) is 0 Å². The number of likely N-dealkylation sites (N-methyl/N-ethyl adjacent to an activating group) is 1. The zero-order chi connectivity index (χ0) is 13.8. The molecule has 0 heterocycles. The van der Waals surface area contributed by atoms with E-state index in [2.05, 4.69) is 26.1 Å². The fraction of sp³-hybridized carbons (Fsp3) is 0.571. The first-order chi connectivity index (χ1) is 8.33. The van der Waals surface area contributed by atoms with Crippen LogP contribution >= 0.6 is 35.0 Å². The maximum Gasteiger partial charge on any atom is 0.0453 e. The molecule has 0 aromatic heterocycles. The summed E-state index contributed by atoms with van der Waals surface area (Å²) < 4.78 is 0.277. The van der Waals surface area contributed by atoms with Gasteiger partial charge in [-0.15, -0.1) is 0 Å². The molecule has 4 heteroatoms. The third-order valence-corrected chi connectivity index (χ3v) is 4.78. The van der Waals surface area contributed by atoms with Crippen LogP contribution in [0.2, 0.25) is 10.0 Å². The lowest BCUT2D eigenvalue weighted by molar-refractivity contribution is 0.614. The highest BCUT2D eigenvalue weighted by atomic mass is 35.5. The first-order valence-corrected chi connectivity index (χ1v) is 7.82. The molecule has 18 heavy (non-hydrogen) atoms. The van der Waals surface area contributed by atoms with Gasteiger partial charge in [0.05, 0.1) is 0 Å². The minimum Gasteiger partial charge on any atom is -0.316 e. The Morgan fingerprint density at radius 1 is 1.22 bits per heavy atom. The Morgan fingerprint density at radius 2 is 1.78 bits per heavy atom. The van der Waals surface area contributed by atoms with Crippen LogP contribution in [0.25, 0.3) is 0 Å². The van der Waals surface area contributed by atoms with Crippen LogP contribution in [-0.4, -0.2) is 23.6 Å². The molecule has 0 aliphatic heterocycles. The van der Waals surface area contributed by atoms with Crippen LogP contribution in [0.5, 0.6) is 0 Å². The van der Waals surface area contributed by atoms with E-state index in [9.17, 15) is 0 Å². The van der Waals surface area contributed by atoms with Crippen LogP contribution in [0, 0.1) is 0 Å². The van der Waals surface area contributed by atoms with E-state index in [1.807, 2.05) is 37.0 Å². The maximum absolute atomic E-state index is 6.20. The van der Waals surface area contributed by atoms with Gasteiger partial charge in [0.15, 0.2) is 0 Å². The summed E-state index contributed by atoms with van der Waals surface area (Å²) in [5.41, 5.74) is 1.04. The highest BCUT2D eigenvalue weighted by Crippen LogP contribution is 2.28. The first-order valence-electron chi connectivity index (χ1n) is 6.07. The second kappa shape index (κ2) is 7.04. The zero-order valence-corrected chi connectivity index (χ0v) is 13.7. The van der Waals surface area contributed by atoms with Crippen molar-refractivity contribution in [3.05, 3.63) is 33.8 Å². The lowest BCUT2D eigenvalue weighted by Crippen LogP contribution is -2.31. The van der Waals surface area contributed by atoms with Gasteiger partial charge in [0, 0.05) is 26.6 Å². The molecule has 1 rings (SSSR count). The molecular formula is C14H21Cl2NS. The maximum atomic E-state index is 6.20. The van der Waals surface area contributed by atoms with Gasteiger partial charge in [-0.25, -0.2) is 0 Å². The lowest BCUT2D eigenvalue weighted by atomic mass is 10.1. The van der Waals surface area contributed by atoms with Crippen LogP contribution in [-0.2, 0) is 6.42 Å². The average Bonchev–Trinajstić information content (AvgIpc) is 2.26. The van der Waals surface area contributed by atoms with Crippen molar-refractivity contribution in [3.63, 3.8) is 0 Å². The topological polar surface area (TPSA) is 12.0 Å². The number of halogens is 2. The Bertz CT molecular complexity index is 368. The molecular weight excluding hydrogens is 285 g/mol. The van der Waals surface area contributed by atoms with E-state index in [1.165, 1.54) is 0 Å². The van der Waals surface area contributed by atoms with E-state index >= 15 is 0 Å². The van der Waals surface area contributed by atoms with Gasteiger partial charge in [-0.05, 0) is 31.2 Å². The number of hydrogen-bond acceptors (Lipinski definition) is 2. The molecule has 0 aliphatic carbocycles. The van der Waals surface area contributed by atoms with E-state index in [0.717, 1.165) is 27.8 Å². The molecule has 1 aromatic carbocycles. The monoisotopic (exact) mass is 305 g/mol. The minimum atomic E-state index is 0.277. The van der Waals surface area contributed by atoms with E-state index in [4.69, 9.17) is 23.2 Å². The lowest BCUT2D eigenvalue weighted by Gasteiger charge is -2.23. The van der Waals surface area contributed by atoms with E-state index in [-0.39, 0.29) is 4.75 Å². The van der Waals surface area contributed by atoms with Crippen molar-refractivity contribution in [1.82, 2.24) is 5.32 Å². The standard InChI is InChI=1S/C14H21Cl2NS/c1-14(2,3)18-9-10(17-4)8-11-12(15)6-5-7-13(11)16/h5-7,10,17H,8-9H2,1-4H3. The summed E-state index contributed by atoms with van der Waals surface area (Å²) in [4.78, 5) is 0.